The molecule has 0 heterocycles. The number of halogens is 1. The van der Waals surface area contributed by atoms with Gasteiger partial charge in [-0.1, -0.05) is 28.9 Å². The lowest BCUT2D eigenvalue weighted by atomic mass is 10.1. The average molecular weight is 300 g/mol. The molecule has 1 aromatic rings. The third-order valence-electron chi connectivity index (χ3n) is 2.56. The van der Waals surface area contributed by atoms with Crippen LogP contribution in [0.15, 0.2) is 22.7 Å². The van der Waals surface area contributed by atoms with Crippen LogP contribution in [0.25, 0.3) is 0 Å². The van der Waals surface area contributed by atoms with Crippen LogP contribution in [-0.2, 0) is 4.79 Å². The number of aryl methyl sites for hydroxylation is 1. The fourth-order valence-electron chi connectivity index (χ4n) is 1.43. The van der Waals surface area contributed by atoms with Gasteiger partial charge in [-0.25, -0.2) is 0 Å². The minimum absolute atomic E-state index is 0.254. The van der Waals surface area contributed by atoms with Crippen LogP contribution in [-0.4, -0.2) is 12.5 Å². The van der Waals surface area contributed by atoms with Crippen molar-refractivity contribution in [3.05, 3.63) is 28.2 Å². The lowest BCUT2D eigenvalue weighted by Gasteiger charge is -2.14. The average Bonchev–Trinajstić information content (AvgIpc) is 2.27. The van der Waals surface area contributed by atoms with Gasteiger partial charge in [0.1, 0.15) is 5.75 Å². The Morgan fingerprint density at radius 2 is 2.24 bits per heavy atom. The summed E-state index contributed by atoms with van der Waals surface area (Å²) in [4.78, 5) is 10.7. The molecule has 0 spiro atoms. The molecule has 17 heavy (non-hydrogen) atoms. The van der Waals surface area contributed by atoms with E-state index in [2.05, 4.69) is 22.9 Å². The Labute approximate surface area is 110 Å². The van der Waals surface area contributed by atoms with Gasteiger partial charge in [0.25, 0.3) is 0 Å². The molecular formula is C13H18BrNO2. The number of carbonyl (C=O) groups excluding carboxylic acids is 1. The monoisotopic (exact) mass is 299 g/mol. The molecule has 94 valence electrons. The molecule has 0 saturated heterocycles. The minimum atomic E-state index is -0.254. The number of hydrogen-bond acceptors (Lipinski definition) is 2. The Hall–Kier alpha value is -1.03. The van der Waals surface area contributed by atoms with Crippen molar-refractivity contribution in [1.82, 2.24) is 0 Å². The summed E-state index contributed by atoms with van der Waals surface area (Å²) in [5.74, 6) is 0.946. The molecule has 0 radical (unpaired) electrons. The van der Waals surface area contributed by atoms with Crippen molar-refractivity contribution in [3.63, 3.8) is 0 Å². The third kappa shape index (κ3) is 5.22. The maximum Gasteiger partial charge on any atom is 0.217 e. The van der Waals surface area contributed by atoms with Gasteiger partial charge in [0.2, 0.25) is 5.91 Å². The van der Waals surface area contributed by atoms with Crippen molar-refractivity contribution in [1.29, 1.82) is 0 Å². The van der Waals surface area contributed by atoms with Gasteiger partial charge in [-0.3, -0.25) is 4.79 Å². The molecule has 0 aliphatic heterocycles. The number of hydrogen-bond donors (Lipinski definition) is 1. The Balaban J connectivity index is 2.44. The van der Waals surface area contributed by atoms with E-state index in [1.807, 2.05) is 25.1 Å². The molecular weight excluding hydrogens is 282 g/mol. The van der Waals surface area contributed by atoms with Gasteiger partial charge in [-0.15, -0.1) is 0 Å². The maximum atomic E-state index is 10.7. The van der Waals surface area contributed by atoms with Crippen molar-refractivity contribution in [2.24, 2.45) is 11.7 Å². The third-order valence-corrected chi connectivity index (χ3v) is 3.05. The molecule has 3 nitrogen and oxygen atoms in total. The number of amides is 1. The van der Waals surface area contributed by atoms with Gasteiger partial charge >= 0.3 is 0 Å². The Morgan fingerprint density at radius 3 is 2.88 bits per heavy atom. The zero-order valence-electron chi connectivity index (χ0n) is 10.2. The number of benzene rings is 1. The number of ether oxygens (including phenoxy) is 1. The van der Waals surface area contributed by atoms with E-state index >= 15 is 0 Å². The summed E-state index contributed by atoms with van der Waals surface area (Å²) >= 11 is 3.41. The summed E-state index contributed by atoms with van der Waals surface area (Å²) in [7, 11) is 0. The zero-order chi connectivity index (χ0) is 12.8. The van der Waals surface area contributed by atoms with E-state index in [1.54, 1.807) is 0 Å². The molecule has 0 unspecified atom stereocenters. The van der Waals surface area contributed by atoms with Gasteiger partial charge in [0, 0.05) is 10.9 Å². The first kappa shape index (κ1) is 14.0. The van der Waals surface area contributed by atoms with E-state index in [4.69, 9.17) is 10.5 Å². The van der Waals surface area contributed by atoms with Crippen LogP contribution >= 0.6 is 15.9 Å². The van der Waals surface area contributed by atoms with Gasteiger partial charge in [0.15, 0.2) is 0 Å². The van der Waals surface area contributed by atoms with E-state index in [0.717, 1.165) is 22.2 Å². The van der Waals surface area contributed by atoms with Crippen molar-refractivity contribution < 1.29 is 9.53 Å². The highest BCUT2D eigenvalue weighted by Gasteiger charge is 2.07. The smallest absolute Gasteiger partial charge is 0.217 e. The maximum absolute atomic E-state index is 10.7. The van der Waals surface area contributed by atoms with Gasteiger partial charge in [-0.05, 0) is 37.0 Å². The van der Waals surface area contributed by atoms with Crippen LogP contribution in [0, 0.1) is 12.8 Å². The first-order valence-corrected chi connectivity index (χ1v) is 6.45. The fraction of sp³-hybridized carbons (Fsp3) is 0.462. The highest BCUT2D eigenvalue weighted by Crippen LogP contribution is 2.23. The number of primary amides is 1. The molecule has 0 bridgehead atoms. The molecule has 0 aliphatic carbocycles. The second-order valence-corrected chi connectivity index (χ2v) is 5.25. The summed E-state index contributed by atoms with van der Waals surface area (Å²) in [6.07, 6.45) is 1.18. The van der Waals surface area contributed by atoms with Crippen molar-refractivity contribution in [2.75, 3.05) is 6.61 Å². The second kappa shape index (κ2) is 6.64. The van der Waals surface area contributed by atoms with E-state index in [1.165, 1.54) is 0 Å². The fourth-order valence-corrected chi connectivity index (χ4v) is 1.77. The quantitative estimate of drug-likeness (QED) is 0.878. The summed E-state index contributed by atoms with van der Waals surface area (Å²) in [5.41, 5.74) is 6.21. The lowest BCUT2D eigenvalue weighted by Crippen LogP contribution is -2.15. The molecule has 1 amide bonds. The molecule has 1 atom stereocenters. The molecule has 1 rings (SSSR count). The Kier molecular flexibility index (Phi) is 5.48. The first-order valence-electron chi connectivity index (χ1n) is 5.66. The normalized spacial score (nSPS) is 12.2. The van der Waals surface area contributed by atoms with Crippen LogP contribution < -0.4 is 10.5 Å². The van der Waals surface area contributed by atoms with Gasteiger partial charge < -0.3 is 10.5 Å². The Morgan fingerprint density at radius 1 is 1.53 bits per heavy atom. The summed E-state index contributed by atoms with van der Waals surface area (Å²) in [6.45, 7) is 4.66. The largest absolute Gasteiger partial charge is 0.493 e. The molecule has 0 aromatic heterocycles. The van der Waals surface area contributed by atoms with E-state index in [0.29, 0.717) is 18.9 Å². The molecule has 0 aliphatic rings. The summed E-state index contributed by atoms with van der Waals surface area (Å²) < 4.78 is 6.73. The van der Waals surface area contributed by atoms with E-state index in [-0.39, 0.29) is 5.91 Å². The summed E-state index contributed by atoms with van der Waals surface area (Å²) in [6, 6.07) is 5.95. The van der Waals surface area contributed by atoms with Crippen LogP contribution in [0.5, 0.6) is 5.75 Å². The van der Waals surface area contributed by atoms with Crippen molar-refractivity contribution in [3.8, 4) is 5.75 Å². The molecule has 1 aromatic carbocycles. The van der Waals surface area contributed by atoms with Gasteiger partial charge in [-0.2, -0.15) is 0 Å². The predicted molar refractivity (Wildman–Crippen MR) is 72.0 cm³/mol. The van der Waals surface area contributed by atoms with E-state index in [9.17, 15) is 4.79 Å². The standard InChI is InChI=1S/C13H18BrNO2/c1-9(3-6-13(15)16)8-17-12-7-11(14)5-4-10(12)2/h4-5,7,9H,3,6,8H2,1-2H3,(H2,15,16)/t9-/m0/s1. The summed E-state index contributed by atoms with van der Waals surface area (Å²) in [5, 5.41) is 0. The van der Waals surface area contributed by atoms with E-state index < -0.39 is 0 Å². The second-order valence-electron chi connectivity index (χ2n) is 4.33. The molecule has 0 fully saturated rings. The minimum Gasteiger partial charge on any atom is -0.493 e. The van der Waals surface area contributed by atoms with Crippen LogP contribution in [0.3, 0.4) is 0 Å². The lowest BCUT2D eigenvalue weighted by molar-refractivity contribution is -0.118. The van der Waals surface area contributed by atoms with Crippen LogP contribution in [0.4, 0.5) is 0 Å². The SMILES string of the molecule is Cc1ccc(Br)cc1OC[C@@H](C)CCC(N)=O. The Bertz CT molecular complexity index is 393. The van der Waals surface area contributed by atoms with Gasteiger partial charge in [0.05, 0.1) is 6.61 Å². The number of rotatable bonds is 6. The van der Waals surface area contributed by atoms with Crippen molar-refractivity contribution in [2.45, 2.75) is 26.7 Å². The molecule has 0 saturated carbocycles. The topological polar surface area (TPSA) is 52.3 Å². The molecule has 2 N–H and O–H groups in total. The highest BCUT2D eigenvalue weighted by molar-refractivity contribution is 9.10. The van der Waals surface area contributed by atoms with Crippen molar-refractivity contribution >= 4 is 21.8 Å². The molecule has 4 heteroatoms. The number of nitrogens with two attached hydrogens (primary N) is 1. The highest BCUT2D eigenvalue weighted by atomic mass is 79.9. The zero-order valence-corrected chi connectivity index (χ0v) is 11.8. The first-order chi connectivity index (χ1) is 7.99. The van der Waals surface area contributed by atoms with Crippen LogP contribution in [0.2, 0.25) is 0 Å². The predicted octanol–water partition coefficient (Wildman–Crippen LogP) is 3.04. The number of carbonyl (C=O) groups is 1. The van der Waals surface area contributed by atoms with Crippen LogP contribution in [0.1, 0.15) is 25.3 Å².